The lowest BCUT2D eigenvalue weighted by atomic mass is 9.58. The van der Waals surface area contributed by atoms with Crippen molar-refractivity contribution in [3.8, 4) is 0 Å². The van der Waals surface area contributed by atoms with E-state index < -0.39 is 29.9 Å². The summed E-state index contributed by atoms with van der Waals surface area (Å²) in [6.45, 7) is 6.71. The van der Waals surface area contributed by atoms with Gasteiger partial charge < -0.3 is 19.3 Å². The van der Waals surface area contributed by atoms with Crippen molar-refractivity contribution < 1.29 is 33.9 Å². The minimum atomic E-state index is -0.936. The Labute approximate surface area is 176 Å². The van der Waals surface area contributed by atoms with Crippen LogP contribution in [0.1, 0.15) is 62.4 Å². The first-order valence-electron chi connectivity index (χ1n) is 11.0. The van der Waals surface area contributed by atoms with Gasteiger partial charge in [-0.2, -0.15) is 0 Å². The Bertz CT molecular complexity index is 810. The minimum absolute atomic E-state index is 0.115. The molecule has 6 rings (SSSR count). The van der Waals surface area contributed by atoms with E-state index in [1.165, 1.54) is 0 Å². The monoisotopic (exact) mass is 418 g/mol. The van der Waals surface area contributed by atoms with E-state index in [2.05, 4.69) is 13.8 Å². The van der Waals surface area contributed by atoms with E-state index in [0.717, 1.165) is 31.2 Å². The third-order valence-corrected chi connectivity index (χ3v) is 7.71. The van der Waals surface area contributed by atoms with Gasteiger partial charge in [-0.3, -0.25) is 0 Å². The Kier molecular flexibility index (Phi) is 4.95. The van der Waals surface area contributed by atoms with Crippen LogP contribution < -0.4 is 0 Å². The van der Waals surface area contributed by atoms with Gasteiger partial charge in [-0.1, -0.05) is 26.0 Å². The predicted octanol–water partition coefficient (Wildman–Crippen LogP) is 4.11. The van der Waals surface area contributed by atoms with Crippen LogP contribution in [0.2, 0.25) is 0 Å². The van der Waals surface area contributed by atoms with E-state index in [1.54, 1.807) is 24.3 Å². The van der Waals surface area contributed by atoms with Crippen LogP contribution in [0, 0.1) is 23.7 Å². The zero-order chi connectivity index (χ0) is 21.1. The number of carboxylic acids is 1. The maximum Gasteiger partial charge on any atom is 0.335 e. The van der Waals surface area contributed by atoms with E-state index in [9.17, 15) is 4.79 Å². The van der Waals surface area contributed by atoms with E-state index in [-0.39, 0.29) is 17.4 Å². The topological polar surface area (TPSA) is 83.5 Å². The lowest BCUT2D eigenvalue weighted by Gasteiger charge is -2.60. The summed E-state index contributed by atoms with van der Waals surface area (Å²) in [6.07, 6.45) is 3.01. The van der Waals surface area contributed by atoms with Crippen LogP contribution >= 0.6 is 0 Å². The van der Waals surface area contributed by atoms with Crippen molar-refractivity contribution in [1.29, 1.82) is 0 Å². The smallest absolute Gasteiger partial charge is 0.335 e. The van der Waals surface area contributed by atoms with Crippen molar-refractivity contribution in [3.05, 3.63) is 35.4 Å². The number of aromatic carboxylic acids is 1. The first kappa shape index (κ1) is 20.4. The average Bonchev–Trinajstić information content (AvgIpc) is 2.96. The molecule has 1 aliphatic carbocycles. The summed E-state index contributed by atoms with van der Waals surface area (Å²) in [6, 6.07) is 6.74. The summed E-state index contributed by atoms with van der Waals surface area (Å²) in [5.41, 5.74) is 0.579. The molecule has 30 heavy (non-hydrogen) atoms. The number of ether oxygens (including phenoxy) is 3. The molecule has 4 saturated heterocycles. The zero-order valence-electron chi connectivity index (χ0n) is 17.7. The summed E-state index contributed by atoms with van der Waals surface area (Å²) >= 11 is 0. The fourth-order valence-corrected chi connectivity index (χ4v) is 5.98. The summed E-state index contributed by atoms with van der Waals surface area (Å²) < 4.78 is 18.9. The molecule has 164 valence electrons. The number of rotatable bonds is 4. The predicted molar refractivity (Wildman–Crippen MR) is 105 cm³/mol. The lowest BCUT2D eigenvalue weighted by molar-refractivity contribution is -0.577. The summed E-state index contributed by atoms with van der Waals surface area (Å²) in [5, 5.41) is 9.06. The number of hydrogen-bond donors (Lipinski definition) is 1. The fraction of sp³-hybridized carbons (Fsp3) is 0.696. The molecule has 4 aliphatic heterocycles. The van der Waals surface area contributed by atoms with Crippen LogP contribution in [0.25, 0.3) is 0 Å². The molecule has 1 aromatic carbocycles. The standard InChI is InChI=1S/C23H30O7/c1-13-4-9-18-14(2)20(26-12-15-5-7-16(8-6-15)19(24)25)27-21-23(18)17(13)10-11-22(3,28-21)29-30-23/h5-8,13-14,17-18,20-21H,4,9-12H2,1-3H3,(H,24,25)/t13?,14?,17-,18?,20?,21+,22?,23+/m0/s1. The molecule has 1 saturated carbocycles. The highest BCUT2D eigenvalue weighted by Crippen LogP contribution is 2.60. The number of fused-ring (bicyclic) bond motifs is 2. The molecule has 7 heteroatoms. The van der Waals surface area contributed by atoms with Crippen molar-refractivity contribution in [2.24, 2.45) is 23.7 Å². The number of carboxylic acid groups (broad SMARTS) is 1. The molecule has 2 bridgehead atoms. The summed E-state index contributed by atoms with van der Waals surface area (Å²) in [5.74, 6) is -0.539. The molecule has 5 aliphatic rings. The summed E-state index contributed by atoms with van der Waals surface area (Å²) in [7, 11) is 0. The lowest BCUT2D eigenvalue weighted by Crippen LogP contribution is -2.70. The number of carbonyl (C=O) groups is 1. The Balaban J connectivity index is 1.37. The Morgan fingerprint density at radius 2 is 1.90 bits per heavy atom. The molecule has 1 aromatic rings. The molecule has 8 atom stereocenters. The normalized spacial score (nSPS) is 44.9. The van der Waals surface area contributed by atoms with Gasteiger partial charge in [0.25, 0.3) is 0 Å². The molecule has 0 radical (unpaired) electrons. The van der Waals surface area contributed by atoms with Crippen LogP contribution in [0.15, 0.2) is 24.3 Å². The second-order valence-corrected chi connectivity index (χ2v) is 9.59. The molecule has 1 N–H and O–H groups in total. The van der Waals surface area contributed by atoms with Gasteiger partial charge >= 0.3 is 5.97 Å². The Morgan fingerprint density at radius 3 is 2.63 bits per heavy atom. The van der Waals surface area contributed by atoms with Gasteiger partial charge in [0.1, 0.15) is 0 Å². The first-order valence-corrected chi connectivity index (χ1v) is 11.0. The van der Waals surface area contributed by atoms with Crippen molar-refractivity contribution >= 4 is 5.97 Å². The third kappa shape index (κ3) is 3.10. The van der Waals surface area contributed by atoms with Crippen molar-refractivity contribution in [2.75, 3.05) is 0 Å². The van der Waals surface area contributed by atoms with Crippen LogP contribution in [0.4, 0.5) is 0 Å². The molecular weight excluding hydrogens is 388 g/mol. The second-order valence-electron chi connectivity index (χ2n) is 9.59. The van der Waals surface area contributed by atoms with E-state index in [4.69, 9.17) is 29.1 Å². The molecule has 4 heterocycles. The highest BCUT2D eigenvalue weighted by atomic mass is 17.3. The van der Waals surface area contributed by atoms with Crippen LogP contribution in [0.5, 0.6) is 0 Å². The molecule has 0 amide bonds. The zero-order valence-corrected chi connectivity index (χ0v) is 17.7. The van der Waals surface area contributed by atoms with Crippen LogP contribution in [-0.2, 0) is 30.6 Å². The van der Waals surface area contributed by atoms with Gasteiger partial charge in [0, 0.05) is 18.3 Å². The maximum absolute atomic E-state index is 11.0. The van der Waals surface area contributed by atoms with E-state index in [1.807, 2.05) is 6.92 Å². The van der Waals surface area contributed by atoms with Gasteiger partial charge in [0.2, 0.25) is 5.79 Å². The first-order chi connectivity index (χ1) is 14.3. The summed E-state index contributed by atoms with van der Waals surface area (Å²) in [4.78, 5) is 23.0. The fourth-order valence-electron chi connectivity index (χ4n) is 5.98. The average molecular weight is 418 g/mol. The van der Waals surface area contributed by atoms with E-state index >= 15 is 0 Å². The molecular formula is C23H30O7. The molecule has 5 unspecified atom stereocenters. The van der Waals surface area contributed by atoms with Gasteiger partial charge in [-0.15, -0.1) is 0 Å². The SMILES string of the molecule is CC1C(OCc2ccc(C(=O)O)cc2)O[C@@H]2OC3(C)CC[C@H]4C(C)CCC1[C@@]24OO3. The van der Waals surface area contributed by atoms with Gasteiger partial charge in [-0.05, 0) is 55.7 Å². The second kappa shape index (κ2) is 7.28. The van der Waals surface area contributed by atoms with Crippen molar-refractivity contribution in [1.82, 2.24) is 0 Å². The van der Waals surface area contributed by atoms with Crippen molar-refractivity contribution in [3.63, 3.8) is 0 Å². The number of hydrogen-bond acceptors (Lipinski definition) is 6. The third-order valence-electron chi connectivity index (χ3n) is 7.71. The quantitative estimate of drug-likeness (QED) is 0.737. The highest BCUT2D eigenvalue weighted by molar-refractivity contribution is 5.87. The Morgan fingerprint density at radius 1 is 1.13 bits per heavy atom. The van der Waals surface area contributed by atoms with Crippen molar-refractivity contribution in [2.45, 2.75) is 77.0 Å². The minimum Gasteiger partial charge on any atom is -0.478 e. The highest BCUT2D eigenvalue weighted by Gasteiger charge is 2.69. The largest absolute Gasteiger partial charge is 0.478 e. The van der Waals surface area contributed by atoms with Gasteiger partial charge in [0.05, 0.1) is 12.2 Å². The Hall–Kier alpha value is -1.51. The van der Waals surface area contributed by atoms with Gasteiger partial charge in [0.15, 0.2) is 18.2 Å². The number of benzene rings is 1. The van der Waals surface area contributed by atoms with Crippen LogP contribution in [-0.4, -0.2) is 35.0 Å². The molecule has 5 fully saturated rings. The van der Waals surface area contributed by atoms with E-state index in [0.29, 0.717) is 18.4 Å². The molecule has 0 aromatic heterocycles. The maximum atomic E-state index is 11.0. The molecule has 1 spiro atoms. The van der Waals surface area contributed by atoms with Crippen LogP contribution in [0.3, 0.4) is 0 Å². The molecule has 7 nitrogen and oxygen atoms in total. The van der Waals surface area contributed by atoms with Gasteiger partial charge in [-0.25, -0.2) is 14.6 Å².